The molecule has 0 spiro atoms. The van der Waals surface area contributed by atoms with Crippen molar-refractivity contribution in [1.29, 1.82) is 0 Å². The third-order valence-electron chi connectivity index (χ3n) is 2.65. The van der Waals surface area contributed by atoms with Gasteiger partial charge in [-0.1, -0.05) is 0 Å². The van der Waals surface area contributed by atoms with E-state index < -0.39 is 17.5 Å². The molecule has 0 aliphatic carbocycles. The van der Waals surface area contributed by atoms with Crippen molar-refractivity contribution in [3.8, 4) is 0 Å². The lowest BCUT2D eigenvalue weighted by molar-refractivity contribution is -0.170. The number of rotatable bonds is 2. The van der Waals surface area contributed by atoms with Crippen molar-refractivity contribution >= 4 is 0 Å². The molecule has 1 aliphatic heterocycles. The van der Waals surface area contributed by atoms with E-state index in [2.05, 4.69) is 4.98 Å². The van der Waals surface area contributed by atoms with Crippen molar-refractivity contribution in [3.05, 3.63) is 33.1 Å². The summed E-state index contributed by atoms with van der Waals surface area (Å²) >= 11 is 0. The largest absolute Gasteiger partial charge is 0.395 e. The van der Waals surface area contributed by atoms with Crippen LogP contribution in [0.4, 0.5) is 0 Å². The number of aromatic amines is 1. The second kappa shape index (κ2) is 4.20. The van der Waals surface area contributed by atoms with Gasteiger partial charge in [-0.3, -0.25) is 19.2 Å². The number of aromatic nitrogens is 2. The van der Waals surface area contributed by atoms with Crippen LogP contribution in [0.1, 0.15) is 12.6 Å². The van der Waals surface area contributed by atoms with Gasteiger partial charge in [0.15, 0.2) is 6.23 Å². The number of hydroxylamine groups is 2. The smallest absolute Gasteiger partial charge is 0.330 e. The fourth-order valence-electron chi connectivity index (χ4n) is 1.71. The number of aliphatic hydroxyl groups is 1. The van der Waals surface area contributed by atoms with Crippen LogP contribution in [0.2, 0.25) is 0 Å². The Morgan fingerprint density at radius 3 is 2.94 bits per heavy atom. The maximum Gasteiger partial charge on any atom is 0.330 e. The first-order chi connectivity index (χ1) is 7.61. The highest BCUT2D eigenvalue weighted by molar-refractivity contribution is 4.86. The van der Waals surface area contributed by atoms with Gasteiger partial charge in [-0.15, -0.1) is 0 Å². The molecule has 0 aromatic carbocycles. The van der Waals surface area contributed by atoms with Gasteiger partial charge in [0, 0.05) is 25.7 Å². The summed E-state index contributed by atoms with van der Waals surface area (Å²) in [6.07, 6.45) is 1.41. The van der Waals surface area contributed by atoms with E-state index in [4.69, 9.17) is 9.94 Å². The van der Waals surface area contributed by atoms with Gasteiger partial charge in [-0.25, -0.2) is 4.79 Å². The van der Waals surface area contributed by atoms with E-state index in [1.54, 1.807) is 7.05 Å². The van der Waals surface area contributed by atoms with E-state index >= 15 is 0 Å². The molecule has 0 radical (unpaired) electrons. The number of H-pyrrole nitrogens is 1. The quantitative estimate of drug-likeness (QED) is 0.653. The van der Waals surface area contributed by atoms with E-state index in [0.29, 0.717) is 6.42 Å². The molecule has 1 aromatic rings. The molecule has 16 heavy (non-hydrogen) atoms. The summed E-state index contributed by atoms with van der Waals surface area (Å²) in [4.78, 5) is 29.9. The Bertz CT molecular complexity index is 480. The van der Waals surface area contributed by atoms with Crippen LogP contribution in [0.3, 0.4) is 0 Å². The number of aliphatic hydroxyl groups excluding tert-OH is 1. The molecule has 0 bridgehead atoms. The Labute approximate surface area is 90.8 Å². The average Bonchev–Trinajstić information content (AvgIpc) is 2.59. The number of nitrogens with zero attached hydrogens (tertiary/aromatic N) is 2. The minimum atomic E-state index is -0.510. The van der Waals surface area contributed by atoms with E-state index in [9.17, 15) is 9.59 Å². The first kappa shape index (κ1) is 11.1. The Balaban J connectivity index is 2.27. The molecule has 88 valence electrons. The van der Waals surface area contributed by atoms with Crippen molar-refractivity contribution in [2.75, 3.05) is 13.7 Å². The fourth-order valence-corrected chi connectivity index (χ4v) is 1.71. The molecule has 2 N–H and O–H groups in total. The minimum Gasteiger partial charge on any atom is -0.395 e. The highest BCUT2D eigenvalue weighted by Crippen LogP contribution is 2.25. The zero-order valence-electron chi connectivity index (χ0n) is 8.79. The molecular weight excluding hydrogens is 214 g/mol. The molecule has 2 heterocycles. The van der Waals surface area contributed by atoms with E-state index in [-0.39, 0.29) is 12.6 Å². The number of hydrogen-bond donors (Lipinski definition) is 2. The Kier molecular flexibility index (Phi) is 2.90. The molecule has 7 nitrogen and oxygen atoms in total. The number of likely N-dealkylation sites (N-methyl/N-ethyl adjacent to an activating group) is 1. The van der Waals surface area contributed by atoms with Crippen LogP contribution < -0.4 is 11.2 Å². The molecule has 1 fully saturated rings. The lowest BCUT2D eigenvalue weighted by Gasteiger charge is -2.14. The van der Waals surface area contributed by atoms with Gasteiger partial charge in [0.2, 0.25) is 0 Å². The van der Waals surface area contributed by atoms with Gasteiger partial charge in [0.25, 0.3) is 5.56 Å². The van der Waals surface area contributed by atoms with Crippen LogP contribution >= 0.6 is 0 Å². The normalized spacial score (nSPS) is 26.1. The van der Waals surface area contributed by atoms with Gasteiger partial charge in [-0.2, -0.15) is 5.06 Å². The first-order valence-corrected chi connectivity index (χ1v) is 4.93. The highest BCUT2D eigenvalue weighted by atomic mass is 16.7. The van der Waals surface area contributed by atoms with Crippen molar-refractivity contribution in [2.45, 2.75) is 18.7 Å². The van der Waals surface area contributed by atoms with Gasteiger partial charge >= 0.3 is 5.69 Å². The van der Waals surface area contributed by atoms with Gasteiger partial charge in [0.1, 0.15) is 0 Å². The molecule has 2 atom stereocenters. The predicted octanol–water partition coefficient (Wildman–Crippen LogP) is -1.34. The molecule has 0 amide bonds. The maximum atomic E-state index is 11.5. The van der Waals surface area contributed by atoms with Crippen molar-refractivity contribution in [1.82, 2.24) is 14.6 Å². The van der Waals surface area contributed by atoms with Crippen molar-refractivity contribution in [2.24, 2.45) is 0 Å². The van der Waals surface area contributed by atoms with Gasteiger partial charge in [0.05, 0.1) is 12.6 Å². The second-order valence-corrected chi connectivity index (χ2v) is 3.70. The molecule has 7 heteroatoms. The lowest BCUT2D eigenvalue weighted by atomic mass is 10.2. The number of nitrogens with one attached hydrogen (secondary N) is 1. The average molecular weight is 227 g/mol. The molecule has 0 unspecified atom stereocenters. The molecular formula is C9H13N3O4. The second-order valence-electron chi connectivity index (χ2n) is 3.70. The summed E-state index contributed by atoms with van der Waals surface area (Å²) in [5.41, 5.74) is -0.948. The fraction of sp³-hybridized carbons (Fsp3) is 0.556. The van der Waals surface area contributed by atoms with Gasteiger partial charge < -0.3 is 5.11 Å². The monoisotopic (exact) mass is 227 g/mol. The maximum absolute atomic E-state index is 11.5. The highest BCUT2D eigenvalue weighted by Gasteiger charge is 2.31. The van der Waals surface area contributed by atoms with E-state index in [0.717, 1.165) is 0 Å². The molecule has 2 rings (SSSR count). The van der Waals surface area contributed by atoms with Crippen LogP contribution in [0.5, 0.6) is 0 Å². The van der Waals surface area contributed by atoms with Crippen LogP contribution in [0, 0.1) is 0 Å². The minimum absolute atomic E-state index is 0.0366. The van der Waals surface area contributed by atoms with E-state index in [1.807, 2.05) is 0 Å². The van der Waals surface area contributed by atoms with E-state index in [1.165, 1.54) is 21.9 Å². The Hall–Kier alpha value is -1.44. The number of hydrogen-bond acceptors (Lipinski definition) is 5. The Morgan fingerprint density at radius 1 is 1.62 bits per heavy atom. The first-order valence-electron chi connectivity index (χ1n) is 4.93. The summed E-state index contributed by atoms with van der Waals surface area (Å²) in [6, 6.07) is 1.13. The third kappa shape index (κ3) is 1.92. The summed E-state index contributed by atoms with van der Waals surface area (Å²) in [5.74, 6) is 0. The standard InChI is InChI=1S/C9H13N3O4/c1-11-6(5-13)4-8(16-11)12-3-2-7(14)10-9(12)15/h2-3,6,8,13H,4-5H2,1H3,(H,10,14,15)/t6-,8+/m1/s1. The summed E-state index contributed by atoms with van der Waals surface area (Å²) in [6.45, 7) is -0.0366. The van der Waals surface area contributed by atoms with Crippen LogP contribution in [-0.2, 0) is 4.84 Å². The molecule has 1 saturated heterocycles. The summed E-state index contributed by atoms with van der Waals surface area (Å²) in [5, 5.41) is 10.6. The molecule has 0 saturated carbocycles. The third-order valence-corrected chi connectivity index (χ3v) is 2.65. The van der Waals surface area contributed by atoms with Gasteiger partial charge in [-0.05, 0) is 0 Å². The van der Waals surface area contributed by atoms with Crippen molar-refractivity contribution in [3.63, 3.8) is 0 Å². The van der Waals surface area contributed by atoms with Crippen LogP contribution in [0.25, 0.3) is 0 Å². The van der Waals surface area contributed by atoms with Crippen LogP contribution in [-0.4, -0.2) is 39.4 Å². The SMILES string of the molecule is CN1O[C@H](n2ccc(=O)[nH]c2=O)C[C@@H]1CO. The zero-order chi connectivity index (χ0) is 11.7. The van der Waals surface area contributed by atoms with Crippen LogP contribution in [0.15, 0.2) is 21.9 Å². The zero-order valence-corrected chi connectivity index (χ0v) is 8.79. The topological polar surface area (TPSA) is 87.6 Å². The van der Waals surface area contributed by atoms with Crippen molar-refractivity contribution < 1.29 is 9.94 Å². The molecule has 1 aromatic heterocycles. The predicted molar refractivity (Wildman–Crippen MR) is 54.7 cm³/mol. The summed E-state index contributed by atoms with van der Waals surface area (Å²) in [7, 11) is 1.69. The lowest BCUT2D eigenvalue weighted by Crippen LogP contribution is -2.31. The summed E-state index contributed by atoms with van der Waals surface area (Å²) < 4.78 is 1.30. The Morgan fingerprint density at radius 2 is 2.38 bits per heavy atom. The molecule has 1 aliphatic rings.